The van der Waals surface area contributed by atoms with E-state index in [0.29, 0.717) is 29.7 Å². The molecule has 1 spiro atoms. The Bertz CT molecular complexity index is 528. The fourth-order valence-corrected chi connectivity index (χ4v) is 6.55. The number of hydrogen-bond donors (Lipinski definition) is 1. The summed E-state index contributed by atoms with van der Waals surface area (Å²) in [7, 11) is 0. The maximum Gasteiger partial charge on any atom is 0.223 e. The molecule has 1 N–H and O–H groups in total. The van der Waals surface area contributed by atoms with Crippen LogP contribution in [0.1, 0.15) is 84.0 Å². The van der Waals surface area contributed by atoms with Crippen LogP contribution in [0.5, 0.6) is 0 Å². The SMILES string of the molecule is C[C@H]1[C@@H](NC(=O)C2CCCCC2)CC[C@@]23CCCN2C(=O)CCC[C@@H]13. The lowest BCUT2D eigenvalue weighted by Crippen LogP contribution is -2.60. The number of hydrogen-bond acceptors (Lipinski definition) is 2. The molecule has 4 aliphatic rings. The van der Waals surface area contributed by atoms with Gasteiger partial charge in [-0.1, -0.05) is 26.2 Å². The van der Waals surface area contributed by atoms with Gasteiger partial charge >= 0.3 is 0 Å². The molecular formula is C21H34N2O2. The van der Waals surface area contributed by atoms with Crippen molar-refractivity contribution in [3.63, 3.8) is 0 Å². The Balaban J connectivity index is 1.47. The summed E-state index contributed by atoms with van der Waals surface area (Å²) >= 11 is 0. The molecule has 4 atom stereocenters. The van der Waals surface area contributed by atoms with Crippen LogP contribution in [0, 0.1) is 17.8 Å². The Labute approximate surface area is 152 Å². The van der Waals surface area contributed by atoms with Gasteiger partial charge in [0.2, 0.25) is 11.8 Å². The summed E-state index contributed by atoms with van der Waals surface area (Å²) in [5.41, 5.74) is 0.110. The van der Waals surface area contributed by atoms with E-state index in [-0.39, 0.29) is 11.5 Å². The van der Waals surface area contributed by atoms with Gasteiger partial charge in [0.25, 0.3) is 0 Å². The molecule has 4 fully saturated rings. The van der Waals surface area contributed by atoms with Crippen molar-refractivity contribution in [1.82, 2.24) is 10.2 Å². The first kappa shape index (κ1) is 17.4. The molecule has 2 aliphatic heterocycles. The van der Waals surface area contributed by atoms with E-state index in [1.807, 2.05) is 0 Å². The van der Waals surface area contributed by atoms with Gasteiger partial charge < -0.3 is 10.2 Å². The molecule has 2 saturated heterocycles. The summed E-state index contributed by atoms with van der Waals surface area (Å²) in [6, 6.07) is 0.306. The zero-order chi connectivity index (χ0) is 17.4. The molecule has 4 rings (SSSR count). The summed E-state index contributed by atoms with van der Waals surface area (Å²) in [6.45, 7) is 3.30. The maximum absolute atomic E-state index is 12.7. The van der Waals surface area contributed by atoms with Crippen molar-refractivity contribution >= 4 is 11.8 Å². The molecule has 0 unspecified atom stereocenters. The van der Waals surface area contributed by atoms with Gasteiger partial charge in [-0.05, 0) is 63.2 Å². The van der Waals surface area contributed by atoms with Crippen LogP contribution in [0.15, 0.2) is 0 Å². The highest BCUT2D eigenvalue weighted by Gasteiger charge is 2.55. The van der Waals surface area contributed by atoms with Crippen LogP contribution in [-0.2, 0) is 9.59 Å². The van der Waals surface area contributed by atoms with Crippen LogP contribution < -0.4 is 5.32 Å². The number of nitrogens with zero attached hydrogens (tertiary/aromatic N) is 1. The third kappa shape index (κ3) is 3.00. The minimum absolute atomic E-state index is 0.110. The molecule has 140 valence electrons. The molecule has 25 heavy (non-hydrogen) atoms. The van der Waals surface area contributed by atoms with E-state index in [9.17, 15) is 9.59 Å². The Kier molecular flexibility index (Phi) is 4.81. The van der Waals surface area contributed by atoms with E-state index in [1.165, 1.54) is 25.7 Å². The van der Waals surface area contributed by atoms with Crippen molar-refractivity contribution in [2.45, 2.75) is 95.6 Å². The van der Waals surface area contributed by atoms with Gasteiger partial charge in [-0.15, -0.1) is 0 Å². The third-order valence-corrected chi connectivity index (χ3v) is 7.89. The van der Waals surface area contributed by atoms with Crippen LogP contribution in [0.4, 0.5) is 0 Å². The summed E-state index contributed by atoms with van der Waals surface area (Å²) in [5.74, 6) is 1.98. The minimum atomic E-state index is 0.110. The monoisotopic (exact) mass is 346 g/mol. The van der Waals surface area contributed by atoms with Crippen LogP contribution in [0.25, 0.3) is 0 Å². The molecule has 2 amide bonds. The van der Waals surface area contributed by atoms with Crippen LogP contribution >= 0.6 is 0 Å². The molecule has 2 saturated carbocycles. The largest absolute Gasteiger partial charge is 0.353 e. The van der Waals surface area contributed by atoms with E-state index < -0.39 is 0 Å². The summed E-state index contributed by atoms with van der Waals surface area (Å²) in [5, 5.41) is 3.44. The predicted molar refractivity (Wildman–Crippen MR) is 97.9 cm³/mol. The van der Waals surface area contributed by atoms with Crippen molar-refractivity contribution < 1.29 is 9.59 Å². The Hall–Kier alpha value is -1.06. The predicted octanol–water partition coefficient (Wildman–Crippen LogP) is 3.64. The van der Waals surface area contributed by atoms with E-state index in [1.54, 1.807) is 0 Å². The summed E-state index contributed by atoms with van der Waals surface area (Å²) < 4.78 is 0. The summed E-state index contributed by atoms with van der Waals surface area (Å²) in [6.07, 6.45) is 13.2. The van der Waals surface area contributed by atoms with Crippen LogP contribution in [0.2, 0.25) is 0 Å². The highest BCUT2D eigenvalue weighted by molar-refractivity contribution is 5.79. The highest BCUT2D eigenvalue weighted by Crippen LogP contribution is 2.51. The second kappa shape index (κ2) is 6.92. The third-order valence-electron chi connectivity index (χ3n) is 7.89. The molecule has 2 heterocycles. The second-order valence-corrected chi connectivity index (χ2v) is 9.10. The Morgan fingerprint density at radius 1 is 1.04 bits per heavy atom. The van der Waals surface area contributed by atoms with Crippen molar-refractivity contribution in [3.05, 3.63) is 0 Å². The molecule has 4 nitrogen and oxygen atoms in total. The number of nitrogens with one attached hydrogen (secondary N) is 1. The maximum atomic E-state index is 12.7. The van der Waals surface area contributed by atoms with Crippen LogP contribution in [0.3, 0.4) is 0 Å². The van der Waals surface area contributed by atoms with Crippen molar-refractivity contribution in [2.24, 2.45) is 17.8 Å². The van der Waals surface area contributed by atoms with Gasteiger partial charge in [0.15, 0.2) is 0 Å². The van der Waals surface area contributed by atoms with Gasteiger partial charge in [0.05, 0.1) is 0 Å². The topological polar surface area (TPSA) is 49.4 Å². The normalized spacial score (nSPS) is 39.5. The molecule has 2 aliphatic carbocycles. The average molecular weight is 347 g/mol. The first-order valence-corrected chi connectivity index (χ1v) is 10.7. The first-order valence-electron chi connectivity index (χ1n) is 10.7. The van der Waals surface area contributed by atoms with E-state index in [0.717, 1.165) is 57.9 Å². The molecule has 0 aromatic rings. The average Bonchev–Trinajstić information content (AvgIpc) is 2.99. The molecule has 0 aromatic heterocycles. The Morgan fingerprint density at radius 3 is 2.64 bits per heavy atom. The fraction of sp³-hybridized carbons (Fsp3) is 0.905. The second-order valence-electron chi connectivity index (χ2n) is 9.10. The molecule has 0 bridgehead atoms. The molecule has 4 heteroatoms. The van der Waals surface area contributed by atoms with Gasteiger partial charge in [-0.3, -0.25) is 9.59 Å². The number of carbonyl (C=O) groups excluding carboxylic acids is 2. The highest BCUT2D eigenvalue weighted by atomic mass is 16.2. The zero-order valence-electron chi connectivity index (χ0n) is 15.8. The minimum Gasteiger partial charge on any atom is -0.353 e. The first-order chi connectivity index (χ1) is 12.1. The van der Waals surface area contributed by atoms with Crippen molar-refractivity contribution in [1.29, 1.82) is 0 Å². The van der Waals surface area contributed by atoms with E-state index in [2.05, 4.69) is 17.1 Å². The lowest BCUT2D eigenvalue weighted by atomic mass is 9.63. The Morgan fingerprint density at radius 2 is 1.84 bits per heavy atom. The van der Waals surface area contributed by atoms with Crippen molar-refractivity contribution in [2.75, 3.05) is 6.54 Å². The lowest BCUT2D eigenvalue weighted by molar-refractivity contribution is -0.139. The number of carbonyl (C=O) groups is 2. The smallest absolute Gasteiger partial charge is 0.223 e. The van der Waals surface area contributed by atoms with E-state index >= 15 is 0 Å². The van der Waals surface area contributed by atoms with Gasteiger partial charge in [0.1, 0.15) is 0 Å². The van der Waals surface area contributed by atoms with Crippen molar-refractivity contribution in [3.8, 4) is 0 Å². The van der Waals surface area contributed by atoms with Crippen LogP contribution in [-0.4, -0.2) is 34.8 Å². The lowest BCUT2D eigenvalue weighted by Gasteiger charge is -2.52. The quantitative estimate of drug-likeness (QED) is 0.830. The number of rotatable bonds is 2. The fourth-order valence-electron chi connectivity index (χ4n) is 6.55. The van der Waals surface area contributed by atoms with Gasteiger partial charge in [-0.2, -0.15) is 0 Å². The zero-order valence-corrected chi connectivity index (χ0v) is 15.8. The number of amides is 2. The molecule has 0 radical (unpaired) electrons. The standard InChI is InChI=1S/C21H34N2O2/c1-15-17-9-5-10-19(24)23-14-6-12-21(17,23)13-11-18(15)22-20(25)16-7-3-2-4-8-16/h15-18H,2-14H2,1H3,(H,22,25)/t15-,17+,18+,21-/m1/s1. The molecule has 0 aromatic carbocycles. The summed E-state index contributed by atoms with van der Waals surface area (Å²) in [4.78, 5) is 27.6. The molecular weight excluding hydrogens is 312 g/mol. The van der Waals surface area contributed by atoms with E-state index in [4.69, 9.17) is 0 Å². The van der Waals surface area contributed by atoms with Gasteiger partial charge in [-0.25, -0.2) is 0 Å². The van der Waals surface area contributed by atoms with Gasteiger partial charge in [0, 0.05) is 30.5 Å².